The van der Waals surface area contributed by atoms with Crippen LogP contribution in [-0.4, -0.2) is 41.6 Å². The van der Waals surface area contributed by atoms with Crippen molar-refractivity contribution in [2.45, 2.75) is 31.7 Å². The van der Waals surface area contributed by atoms with Crippen LogP contribution in [0.4, 0.5) is 5.69 Å². The number of aromatic nitrogens is 1. The third-order valence-electron chi connectivity index (χ3n) is 4.84. The Morgan fingerprint density at radius 1 is 1.34 bits per heavy atom. The average molecular weight is 408 g/mol. The summed E-state index contributed by atoms with van der Waals surface area (Å²) >= 11 is 0. The molecule has 2 aromatic rings. The van der Waals surface area contributed by atoms with Crippen LogP contribution in [0.3, 0.4) is 0 Å². The number of nitrogens with zero attached hydrogens (tertiary/aromatic N) is 5. The van der Waals surface area contributed by atoms with Crippen molar-refractivity contribution in [3.05, 3.63) is 59.2 Å². The van der Waals surface area contributed by atoms with Crippen LogP contribution < -0.4 is 5.43 Å². The number of aliphatic imine (C=N–C) groups is 3. The van der Waals surface area contributed by atoms with Gasteiger partial charge in [-0.3, -0.25) is 9.98 Å². The first-order valence-corrected chi connectivity index (χ1v) is 10.3. The molecule has 150 valence electrons. The molecule has 0 radical (unpaired) electrons. The van der Waals surface area contributed by atoms with Gasteiger partial charge in [-0.25, -0.2) is 10.0 Å². The van der Waals surface area contributed by atoms with Crippen molar-refractivity contribution in [2.24, 2.45) is 15.0 Å². The maximum Gasteiger partial charge on any atom is 0.140 e. The van der Waals surface area contributed by atoms with Crippen LogP contribution >= 0.6 is 9.24 Å². The van der Waals surface area contributed by atoms with Gasteiger partial charge in [0.15, 0.2) is 0 Å². The second-order valence-corrected chi connectivity index (χ2v) is 7.90. The Morgan fingerprint density at radius 3 is 2.97 bits per heavy atom. The van der Waals surface area contributed by atoms with Crippen LogP contribution in [0.25, 0.3) is 0 Å². The van der Waals surface area contributed by atoms with Crippen molar-refractivity contribution in [1.29, 1.82) is 0 Å². The summed E-state index contributed by atoms with van der Waals surface area (Å²) in [6.07, 6.45) is 7.74. The topological polar surface area (TPSA) is 78.4 Å². The standard InChI is InChI=1S/C21H25N6OP/c1-14(22-8-9-23-18-12-24-27(2)13-18)16-4-3-5-17(10-16)25-21(29)19-11-20(28-26-19)15-6-7-15/h3-5,8-12,14-15,24H,6-7,13,29H2,1-2H3. The molecule has 29 heavy (non-hydrogen) atoms. The van der Waals surface area contributed by atoms with E-state index in [0.29, 0.717) is 5.92 Å². The number of benzene rings is 1. The Hall–Kier alpha value is -2.63. The van der Waals surface area contributed by atoms with Gasteiger partial charge in [0.1, 0.15) is 11.5 Å². The number of rotatable bonds is 7. The molecule has 8 heteroatoms. The summed E-state index contributed by atoms with van der Waals surface area (Å²) in [5.74, 6) is 1.51. The molecule has 2 heterocycles. The van der Waals surface area contributed by atoms with Crippen molar-refractivity contribution in [3.63, 3.8) is 0 Å². The number of hydrogen-bond acceptors (Lipinski definition) is 7. The molecule has 2 unspecified atom stereocenters. The fraction of sp³-hybridized carbons (Fsp3) is 0.333. The Morgan fingerprint density at radius 2 is 2.21 bits per heavy atom. The summed E-state index contributed by atoms with van der Waals surface area (Å²) in [5, 5.41) is 6.10. The summed E-state index contributed by atoms with van der Waals surface area (Å²) in [6.45, 7) is 2.84. The lowest BCUT2D eigenvalue weighted by molar-refractivity contribution is 0.328. The van der Waals surface area contributed by atoms with E-state index < -0.39 is 0 Å². The lowest BCUT2D eigenvalue weighted by Gasteiger charge is -2.07. The normalized spacial score (nSPS) is 19.1. The molecule has 1 aromatic heterocycles. The minimum atomic E-state index is 0.0106. The van der Waals surface area contributed by atoms with E-state index in [1.807, 2.05) is 42.5 Å². The molecular formula is C21H25N6OP. The van der Waals surface area contributed by atoms with Gasteiger partial charge in [0.25, 0.3) is 0 Å². The first kappa shape index (κ1) is 19.7. The third-order valence-corrected chi connectivity index (χ3v) is 5.26. The molecular weight excluding hydrogens is 383 g/mol. The zero-order valence-electron chi connectivity index (χ0n) is 16.6. The van der Waals surface area contributed by atoms with Crippen molar-refractivity contribution in [3.8, 4) is 0 Å². The molecule has 1 aliphatic heterocycles. The fourth-order valence-corrected chi connectivity index (χ4v) is 3.29. The van der Waals surface area contributed by atoms with Gasteiger partial charge in [-0.15, -0.1) is 0 Å². The van der Waals surface area contributed by atoms with Crippen LogP contribution in [-0.2, 0) is 0 Å². The third kappa shape index (κ3) is 5.25. The second kappa shape index (κ2) is 8.80. The minimum absolute atomic E-state index is 0.0106. The van der Waals surface area contributed by atoms with Crippen molar-refractivity contribution < 1.29 is 4.52 Å². The molecule has 0 spiro atoms. The van der Waals surface area contributed by atoms with Crippen molar-refractivity contribution in [1.82, 2.24) is 15.6 Å². The van der Waals surface area contributed by atoms with E-state index in [-0.39, 0.29) is 6.04 Å². The Labute approximate surface area is 172 Å². The molecule has 2 aliphatic rings. The van der Waals surface area contributed by atoms with Crippen LogP contribution in [0.2, 0.25) is 0 Å². The fourth-order valence-electron chi connectivity index (χ4n) is 3.00. The second-order valence-electron chi connectivity index (χ2n) is 7.35. The number of hydrazine groups is 1. The number of likely N-dealkylation sites (N-methyl/N-ethyl adjacent to an activating group) is 1. The van der Waals surface area contributed by atoms with Crippen LogP contribution in [0.1, 0.15) is 48.7 Å². The number of hydrogen-bond donors (Lipinski definition) is 1. The largest absolute Gasteiger partial charge is 0.360 e. The molecule has 4 rings (SSSR count). The van der Waals surface area contributed by atoms with Crippen LogP contribution in [0.15, 0.2) is 61.7 Å². The van der Waals surface area contributed by atoms with Crippen LogP contribution in [0.5, 0.6) is 0 Å². The highest BCUT2D eigenvalue weighted by molar-refractivity contribution is 7.42. The summed E-state index contributed by atoms with van der Waals surface area (Å²) in [7, 11) is 4.63. The van der Waals surface area contributed by atoms with Crippen molar-refractivity contribution >= 4 is 32.8 Å². The van der Waals surface area contributed by atoms with Gasteiger partial charge in [0.2, 0.25) is 0 Å². The number of nitrogens with one attached hydrogen (secondary N) is 1. The lowest BCUT2D eigenvalue weighted by Crippen LogP contribution is -2.24. The molecule has 1 saturated carbocycles. The van der Waals surface area contributed by atoms with Crippen LogP contribution in [0, 0.1) is 0 Å². The first-order chi connectivity index (χ1) is 14.1. The van der Waals surface area contributed by atoms with Gasteiger partial charge < -0.3 is 9.95 Å². The summed E-state index contributed by atoms with van der Waals surface area (Å²) < 4.78 is 5.42. The molecule has 1 aliphatic carbocycles. The van der Waals surface area contributed by atoms with E-state index >= 15 is 0 Å². The molecule has 1 aromatic carbocycles. The van der Waals surface area contributed by atoms with E-state index in [1.165, 1.54) is 12.8 Å². The Balaban J connectivity index is 1.40. The van der Waals surface area contributed by atoms with Gasteiger partial charge in [-0.1, -0.05) is 26.5 Å². The highest BCUT2D eigenvalue weighted by atomic mass is 31.0. The average Bonchev–Trinajstić information content (AvgIpc) is 3.29. The highest BCUT2D eigenvalue weighted by Gasteiger charge is 2.28. The van der Waals surface area contributed by atoms with Crippen molar-refractivity contribution in [2.75, 3.05) is 13.6 Å². The summed E-state index contributed by atoms with van der Waals surface area (Å²) in [4.78, 5) is 13.6. The van der Waals surface area contributed by atoms with E-state index in [2.05, 4.69) is 47.8 Å². The van der Waals surface area contributed by atoms with E-state index in [4.69, 9.17) is 4.52 Å². The van der Waals surface area contributed by atoms with Gasteiger partial charge in [0, 0.05) is 37.7 Å². The van der Waals surface area contributed by atoms with E-state index in [9.17, 15) is 0 Å². The maximum atomic E-state index is 5.42. The van der Waals surface area contributed by atoms with Gasteiger partial charge >= 0.3 is 0 Å². The first-order valence-electron chi connectivity index (χ1n) is 9.72. The monoisotopic (exact) mass is 408 g/mol. The Bertz CT molecular complexity index is 989. The predicted molar refractivity (Wildman–Crippen MR) is 120 cm³/mol. The SMILES string of the molecule is CC(N=CC=NC1=CNN(C)C1)c1cccc(N=C(P)c2cc(C3CC3)on2)c1. The van der Waals surface area contributed by atoms with Gasteiger partial charge in [-0.05, 0) is 37.5 Å². The maximum absolute atomic E-state index is 5.42. The Kier molecular flexibility index (Phi) is 5.97. The molecule has 1 N–H and O–H groups in total. The molecule has 2 atom stereocenters. The van der Waals surface area contributed by atoms with Gasteiger partial charge in [-0.2, -0.15) is 0 Å². The van der Waals surface area contributed by atoms with E-state index in [0.717, 1.165) is 40.4 Å². The lowest BCUT2D eigenvalue weighted by atomic mass is 10.1. The minimum Gasteiger partial charge on any atom is -0.360 e. The molecule has 7 nitrogen and oxygen atoms in total. The summed E-state index contributed by atoms with van der Waals surface area (Å²) in [5.41, 5.74) is 7.55. The highest BCUT2D eigenvalue weighted by Crippen LogP contribution is 2.40. The zero-order valence-corrected chi connectivity index (χ0v) is 17.8. The predicted octanol–water partition coefficient (Wildman–Crippen LogP) is 4.00. The molecule has 0 bridgehead atoms. The van der Waals surface area contributed by atoms with Gasteiger partial charge in [0.05, 0.1) is 29.4 Å². The quantitative estimate of drug-likeness (QED) is 0.555. The zero-order chi connectivity index (χ0) is 20.2. The smallest absolute Gasteiger partial charge is 0.140 e. The molecule has 0 saturated heterocycles. The summed E-state index contributed by atoms with van der Waals surface area (Å²) in [6, 6.07) is 10.1. The molecule has 0 amide bonds. The molecule has 1 fully saturated rings. The van der Waals surface area contributed by atoms with E-state index in [1.54, 1.807) is 12.4 Å².